The lowest BCUT2D eigenvalue weighted by atomic mass is 10.0. The van der Waals surface area contributed by atoms with Crippen LogP contribution in [0, 0.1) is 12.8 Å². The molecule has 0 aliphatic carbocycles. The van der Waals surface area contributed by atoms with Crippen molar-refractivity contribution in [1.29, 1.82) is 0 Å². The fourth-order valence-electron chi connectivity index (χ4n) is 3.33. The van der Waals surface area contributed by atoms with Gasteiger partial charge in [0.05, 0.1) is 5.92 Å². The highest BCUT2D eigenvalue weighted by Gasteiger charge is 2.36. The number of hydrogen-bond donors (Lipinski definition) is 1. The van der Waals surface area contributed by atoms with Gasteiger partial charge in [0, 0.05) is 24.7 Å². The fraction of sp³-hybridized carbons (Fsp3) is 0.556. The smallest absolute Gasteiger partial charge is 0.227 e. The van der Waals surface area contributed by atoms with Crippen molar-refractivity contribution in [2.24, 2.45) is 5.92 Å². The number of nitrogens with zero attached hydrogens (tertiary/aromatic N) is 2. The van der Waals surface area contributed by atoms with Crippen LogP contribution in [0.4, 0.5) is 5.69 Å². The third kappa shape index (κ3) is 3.72. The number of hydrogen-bond acceptors (Lipinski definition) is 3. The van der Waals surface area contributed by atoms with Crippen molar-refractivity contribution in [2.75, 3.05) is 31.6 Å². The van der Waals surface area contributed by atoms with Crippen LogP contribution in [-0.4, -0.2) is 49.4 Å². The van der Waals surface area contributed by atoms with Gasteiger partial charge in [-0.15, -0.1) is 0 Å². The van der Waals surface area contributed by atoms with E-state index in [0.29, 0.717) is 13.0 Å². The number of benzene rings is 1. The molecule has 5 nitrogen and oxygen atoms in total. The van der Waals surface area contributed by atoms with Gasteiger partial charge in [-0.2, -0.15) is 0 Å². The molecule has 0 radical (unpaired) electrons. The summed E-state index contributed by atoms with van der Waals surface area (Å²) in [4.78, 5) is 28.7. The lowest BCUT2D eigenvalue weighted by Gasteiger charge is -2.30. The second kappa shape index (κ2) is 6.71. The van der Waals surface area contributed by atoms with E-state index in [9.17, 15) is 9.59 Å². The second-order valence-corrected chi connectivity index (χ2v) is 6.83. The molecule has 2 saturated heterocycles. The molecule has 124 valence electrons. The fourth-order valence-corrected chi connectivity index (χ4v) is 3.33. The zero-order valence-corrected chi connectivity index (χ0v) is 13.9. The summed E-state index contributed by atoms with van der Waals surface area (Å²) in [5, 5.41) is 3.14. The predicted molar refractivity (Wildman–Crippen MR) is 90.3 cm³/mol. The Morgan fingerprint density at radius 1 is 1.17 bits per heavy atom. The van der Waals surface area contributed by atoms with Crippen LogP contribution >= 0.6 is 0 Å². The minimum absolute atomic E-state index is 0.0301. The number of carbonyl (C=O) groups excluding carboxylic acids is 2. The molecule has 0 saturated carbocycles. The van der Waals surface area contributed by atoms with Crippen molar-refractivity contribution < 1.29 is 9.59 Å². The summed E-state index contributed by atoms with van der Waals surface area (Å²) in [7, 11) is 2.10. The molecule has 5 heteroatoms. The van der Waals surface area contributed by atoms with Crippen molar-refractivity contribution in [3.05, 3.63) is 29.8 Å². The standard InChI is InChI=1S/C18H25N3O2/c1-13-3-5-16(6-4-13)21-12-14(11-17(21)22)18(23)19-15-7-9-20(2)10-8-15/h3-6,14-15H,7-12H2,1-2H3,(H,19,23). The molecule has 23 heavy (non-hydrogen) atoms. The first kappa shape index (κ1) is 16.0. The van der Waals surface area contributed by atoms with Gasteiger partial charge in [0.25, 0.3) is 0 Å². The minimum Gasteiger partial charge on any atom is -0.353 e. The third-order valence-corrected chi connectivity index (χ3v) is 4.91. The number of likely N-dealkylation sites (tertiary alicyclic amines) is 1. The number of anilines is 1. The molecular formula is C18H25N3O2. The monoisotopic (exact) mass is 315 g/mol. The average molecular weight is 315 g/mol. The van der Waals surface area contributed by atoms with Crippen LogP contribution in [0.25, 0.3) is 0 Å². The maximum atomic E-state index is 12.5. The summed E-state index contributed by atoms with van der Waals surface area (Å²) in [5.74, 6) is -0.164. The molecule has 1 unspecified atom stereocenters. The van der Waals surface area contributed by atoms with E-state index >= 15 is 0 Å². The molecule has 1 aromatic carbocycles. The topological polar surface area (TPSA) is 52.7 Å². The van der Waals surface area contributed by atoms with Gasteiger partial charge in [0.1, 0.15) is 0 Å². The molecule has 1 atom stereocenters. The summed E-state index contributed by atoms with van der Waals surface area (Å²) in [6.45, 7) is 4.54. The summed E-state index contributed by atoms with van der Waals surface area (Å²) >= 11 is 0. The van der Waals surface area contributed by atoms with Crippen LogP contribution in [0.3, 0.4) is 0 Å². The normalized spacial score (nSPS) is 23.3. The molecule has 2 aliphatic heterocycles. The van der Waals surface area contributed by atoms with E-state index < -0.39 is 0 Å². The van der Waals surface area contributed by atoms with Gasteiger partial charge in [-0.1, -0.05) is 17.7 Å². The van der Waals surface area contributed by atoms with Gasteiger partial charge in [0.2, 0.25) is 11.8 Å². The summed E-state index contributed by atoms with van der Waals surface area (Å²) in [6.07, 6.45) is 2.29. The van der Waals surface area contributed by atoms with Crippen molar-refractivity contribution in [3.63, 3.8) is 0 Å². The molecule has 0 bridgehead atoms. The SMILES string of the molecule is Cc1ccc(N2CC(C(=O)NC3CCN(C)CC3)CC2=O)cc1. The Balaban J connectivity index is 1.58. The lowest BCUT2D eigenvalue weighted by molar-refractivity contribution is -0.127. The molecule has 0 spiro atoms. The van der Waals surface area contributed by atoms with Gasteiger partial charge >= 0.3 is 0 Å². The first-order valence-electron chi connectivity index (χ1n) is 8.39. The Hall–Kier alpha value is -1.88. The maximum Gasteiger partial charge on any atom is 0.227 e. The van der Waals surface area contributed by atoms with E-state index in [1.165, 1.54) is 0 Å². The van der Waals surface area contributed by atoms with Gasteiger partial charge in [-0.25, -0.2) is 0 Å². The van der Waals surface area contributed by atoms with Crippen molar-refractivity contribution in [2.45, 2.75) is 32.2 Å². The molecule has 0 aromatic heterocycles. The first-order chi connectivity index (χ1) is 11.0. The summed E-state index contributed by atoms with van der Waals surface area (Å²) in [5.41, 5.74) is 2.05. The first-order valence-corrected chi connectivity index (χ1v) is 8.39. The molecule has 2 heterocycles. The van der Waals surface area contributed by atoms with Gasteiger partial charge in [0.15, 0.2) is 0 Å². The van der Waals surface area contributed by atoms with Crippen molar-refractivity contribution >= 4 is 17.5 Å². The molecule has 3 rings (SSSR count). The van der Waals surface area contributed by atoms with Crippen molar-refractivity contribution in [3.8, 4) is 0 Å². The Kier molecular flexibility index (Phi) is 4.66. The number of carbonyl (C=O) groups is 2. The van der Waals surface area contributed by atoms with Gasteiger partial charge < -0.3 is 15.1 Å². The zero-order valence-electron chi connectivity index (χ0n) is 13.9. The third-order valence-electron chi connectivity index (χ3n) is 4.91. The largest absolute Gasteiger partial charge is 0.353 e. The van der Waals surface area contributed by atoms with E-state index in [-0.39, 0.29) is 23.8 Å². The number of nitrogens with one attached hydrogen (secondary N) is 1. The summed E-state index contributed by atoms with van der Waals surface area (Å²) in [6, 6.07) is 8.14. The Morgan fingerprint density at radius 2 is 1.83 bits per heavy atom. The number of rotatable bonds is 3. The Bertz CT molecular complexity index is 576. The molecular weight excluding hydrogens is 290 g/mol. The zero-order chi connectivity index (χ0) is 16.4. The van der Waals surface area contributed by atoms with E-state index in [2.05, 4.69) is 17.3 Å². The van der Waals surface area contributed by atoms with Gasteiger partial charge in [-0.05, 0) is 52.0 Å². The molecule has 1 N–H and O–H groups in total. The van der Waals surface area contributed by atoms with E-state index in [0.717, 1.165) is 37.2 Å². The molecule has 2 fully saturated rings. The van der Waals surface area contributed by atoms with Crippen molar-refractivity contribution in [1.82, 2.24) is 10.2 Å². The highest BCUT2D eigenvalue weighted by atomic mass is 16.2. The summed E-state index contributed by atoms with van der Waals surface area (Å²) < 4.78 is 0. The Morgan fingerprint density at radius 3 is 2.48 bits per heavy atom. The number of aryl methyl sites for hydroxylation is 1. The second-order valence-electron chi connectivity index (χ2n) is 6.83. The number of amides is 2. The van der Waals surface area contributed by atoms with Crippen LogP contribution < -0.4 is 10.2 Å². The van der Waals surface area contributed by atoms with E-state index in [4.69, 9.17) is 0 Å². The van der Waals surface area contributed by atoms with Crippen LogP contribution in [0.5, 0.6) is 0 Å². The van der Waals surface area contributed by atoms with Crippen LogP contribution in [-0.2, 0) is 9.59 Å². The van der Waals surface area contributed by atoms with E-state index in [1.54, 1.807) is 4.90 Å². The average Bonchev–Trinajstić information content (AvgIpc) is 2.92. The van der Waals surface area contributed by atoms with Crippen LogP contribution in [0.15, 0.2) is 24.3 Å². The highest BCUT2D eigenvalue weighted by Crippen LogP contribution is 2.25. The van der Waals surface area contributed by atoms with Gasteiger partial charge in [-0.3, -0.25) is 9.59 Å². The Labute approximate surface area is 137 Å². The molecule has 1 aromatic rings. The minimum atomic E-state index is -0.233. The molecule has 2 amide bonds. The maximum absolute atomic E-state index is 12.5. The van der Waals surface area contributed by atoms with Crippen LogP contribution in [0.1, 0.15) is 24.8 Å². The lowest BCUT2D eigenvalue weighted by Crippen LogP contribution is -2.45. The quantitative estimate of drug-likeness (QED) is 0.921. The predicted octanol–water partition coefficient (Wildman–Crippen LogP) is 1.56. The van der Waals surface area contributed by atoms with E-state index in [1.807, 2.05) is 31.2 Å². The van der Waals surface area contributed by atoms with Crippen LogP contribution in [0.2, 0.25) is 0 Å². The molecule has 2 aliphatic rings. The highest BCUT2D eigenvalue weighted by molar-refractivity contribution is 6.00. The number of piperidine rings is 1.